The molecule has 1 rings (SSSR count). The number of carbonyl (C=O) groups is 2. The Morgan fingerprint density at radius 3 is 2.33 bits per heavy atom. The molecule has 0 spiro atoms. The summed E-state index contributed by atoms with van der Waals surface area (Å²) in [4.78, 5) is 24.3. The molecule has 0 aliphatic carbocycles. The molecule has 118 valence electrons. The Labute approximate surface area is 121 Å². The van der Waals surface area contributed by atoms with Crippen LogP contribution in [0.1, 0.15) is 31.3 Å². The van der Waals surface area contributed by atoms with Crippen molar-refractivity contribution in [2.45, 2.75) is 39.0 Å². The molecule has 0 bridgehead atoms. The SMILES string of the molecule is CC(C)(C)OC(=O)Nc1nc(CC(=O)O)c(C(F)(F)F)s1. The predicted molar refractivity (Wildman–Crippen MR) is 68.3 cm³/mol. The molecule has 0 aromatic carbocycles. The Morgan fingerprint density at radius 2 is 1.90 bits per heavy atom. The van der Waals surface area contributed by atoms with Crippen molar-refractivity contribution in [1.29, 1.82) is 0 Å². The average Bonchev–Trinajstić information content (AvgIpc) is 2.55. The highest BCUT2D eigenvalue weighted by atomic mass is 32.1. The molecular formula is C11H13F3N2O4S. The Bertz CT molecular complexity index is 549. The summed E-state index contributed by atoms with van der Waals surface area (Å²) in [7, 11) is 0. The van der Waals surface area contributed by atoms with Gasteiger partial charge in [-0.3, -0.25) is 10.1 Å². The lowest BCUT2D eigenvalue weighted by molar-refractivity contribution is -0.138. The van der Waals surface area contributed by atoms with Gasteiger partial charge in [0.1, 0.15) is 10.5 Å². The van der Waals surface area contributed by atoms with Crippen LogP contribution in [0, 0.1) is 0 Å². The second kappa shape index (κ2) is 5.88. The number of halogens is 3. The normalized spacial score (nSPS) is 12.1. The maximum atomic E-state index is 12.8. The van der Waals surface area contributed by atoms with E-state index in [9.17, 15) is 22.8 Å². The number of aromatic nitrogens is 1. The second-order valence-electron chi connectivity index (χ2n) is 4.99. The Kier molecular flexibility index (Phi) is 4.82. The van der Waals surface area contributed by atoms with Crippen molar-refractivity contribution < 1.29 is 32.6 Å². The van der Waals surface area contributed by atoms with Gasteiger partial charge in [-0.25, -0.2) is 9.78 Å². The molecule has 21 heavy (non-hydrogen) atoms. The lowest BCUT2D eigenvalue weighted by Crippen LogP contribution is -2.27. The maximum Gasteiger partial charge on any atom is 0.427 e. The number of alkyl halides is 3. The number of carbonyl (C=O) groups excluding carboxylic acids is 1. The van der Waals surface area contributed by atoms with Gasteiger partial charge in [0.25, 0.3) is 0 Å². The third-order valence-corrected chi connectivity index (χ3v) is 2.94. The molecule has 1 aromatic rings. The van der Waals surface area contributed by atoms with Crippen LogP contribution >= 0.6 is 11.3 Å². The average molecular weight is 326 g/mol. The topological polar surface area (TPSA) is 88.5 Å². The van der Waals surface area contributed by atoms with Gasteiger partial charge in [0.05, 0.1) is 12.1 Å². The summed E-state index contributed by atoms with van der Waals surface area (Å²) < 4.78 is 43.1. The van der Waals surface area contributed by atoms with Crippen LogP contribution in [-0.2, 0) is 22.1 Å². The fourth-order valence-corrected chi connectivity index (χ4v) is 2.12. The minimum Gasteiger partial charge on any atom is -0.481 e. The standard InChI is InChI=1S/C11H13F3N2O4S/c1-10(2,3)20-9(19)16-8-15-5(4-6(17)18)7(21-8)11(12,13)14/h4H2,1-3H3,(H,17,18)(H,15,16,19). The highest BCUT2D eigenvalue weighted by molar-refractivity contribution is 7.16. The van der Waals surface area contributed by atoms with Gasteiger partial charge in [0, 0.05) is 0 Å². The van der Waals surface area contributed by atoms with E-state index in [1.807, 2.05) is 0 Å². The largest absolute Gasteiger partial charge is 0.481 e. The lowest BCUT2D eigenvalue weighted by Gasteiger charge is -2.18. The molecule has 6 nitrogen and oxygen atoms in total. The van der Waals surface area contributed by atoms with Crippen LogP contribution in [0.3, 0.4) is 0 Å². The monoisotopic (exact) mass is 326 g/mol. The van der Waals surface area contributed by atoms with Crippen LogP contribution in [0.25, 0.3) is 0 Å². The molecular weight excluding hydrogens is 313 g/mol. The number of hydrogen-bond donors (Lipinski definition) is 2. The highest BCUT2D eigenvalue weighted by Gasteiger charge is 2.38. The summed E-state index contributed by atoms with van der Waals surface area (Å²) in [6.07, 6.45) is -6.59. The summed E-state index contributed by atoms with van der Waals surface area (Å²) in [5.41, 5.74) is -1.47. The first-order chi connectivity index (χ1) is 9.38. The fourth-order valence-electron chi connectivity index (χ4n) is 1.28. The number of carboxylic acids is 1. The van der Waals surface area contributed by atoms with E-state index in [4.69, 9.17) is 9.84 Å². The first kappa shape index (κ1) is 17.2. The van der Waals surface area contributed by atoms with E-state index in [2.05, 4.69) is 10.3 Å². The van der Waals surface area contributed by atoms with Crippen LogP contribution in [-0.4, -0.2) is 27.8 Å². The molecule has 0 unspecified atom stereocenters. The summed E-state index contributed by atoms with van der Waals surface area (Å²) in [6.45, 7) is 4.77. The van der Waals surface area contributed by atoms with Crippen molar-refractivity contribution >= 4 is 28.5 Å². The van der Waals surface area contributed by atoms with E-state index >= 15 is 0 Å². The molecule has 10 heteroatoms. The molecule has 2 N–H and O–H groups in total. The summed E-state index contributed by atoms with van der Waals surface area (Å²) in [5.74, 6) is -1.45. The summed E-state index contributed by atoms with van der Waals surface area (Å²) >= 11 is 0.151. The van der Waals surface area contributed by atoms with Crippen molar-refractivity contribution in [2.75, 3.05) is 5.32 Å². The number of thiazole rings is 1. The smallest absolute Gasteiger partial charge is 0.427 e. The van der Waals surface area contributed by atoms with E-state index < -0.39 is 40.8 Å². The Hall–Kier alpha value is -1.84. The van der Waals surface area contributed by atoms with Crippen molar-refractivity contribution in [1.82, 2.24) is 4.98 Å². The van der Waals surface area contributed by atoms with Gasteiger partial charge in [-0.2, -0.15) is 13.2 Å². The van der Waals surface area contributed by atoms with Crippen LogP contribution in [0.5, 0.6) is 0 Å². The van der Waals surface area contributed by atoms with E-state index in [1.54, 1.807) is 20.8 Å². The zero-order valence-electron chi connectivity index (χ0n) is 11.4. The first-order valence-corrected chi connectivity index (χ1v) is 6.49. The van der Waals surface area contributed by atoms with E-state index in [-0.39, 0.29) is 16.5 Å². The van der Waals surface area contributed by atoms with Gasteiger partial charge >= 0.3 is 18.2 Å². The van der Waals surface area contributed by atoms with E-state index in [0.717, 1.165) is 0 Å². The van der Waals surface area contributed by atoms with Crippen molar-refractivity contribution in [3.63, 3.8) is 0 Å². The third kappa shape index (κ3) is 5.58. The number of nitrogens with zero attached hydrogens (tertiary/aromatic N) is 1. The van der Waals surface area contributed by atoms with Crippen molar-refractivity contribution in [3.05, 3.63) is 10.6 Å². The zero-order chi connectivity index (χ0) is 16.4. The fraction of sp³-hybridized carbons (Fsp3) is 0.545. The van der Waals surface area contributed by atoms with Gasteiger partial charge in [0.15, 0.2) is 5.13 Å². The van der Waals surface area contributed by atoms with Crippen molar-refractivity contribution in [3.8, 4) is 0 Å². The molecule has 0 radical (unpaired) electrons. The van der Waals surface area contributed by atoms with Gasteiger partial charge in [-0.15, -0.1) is 0 Å². The number of carboxylic acid groups (broad SMARTS) is 1. The van der Waals surface area contributed by atoms with E-state index in [0.29, 0.717) is 0 Å². The summed E-state index contributed by atoms with van der Waals surface area (Å²) in [6, 6.07) is 0. The molecule has 0 saturated carbocycles. The number of ether oxygens (including phenoxy) is 1. The third-order valence-electron chi connectivity index (χ3n) is 1.88. The van der Waals surface area contributed by atoms with Crippen molar-refractivity contribution in [2.24, 2.45) is 0 Å². The van der Waals surface area contributed by atoms with Gasteiger partial charge in [-0.1, -0.05) is 11.3 Å². The number of rotatable bonds is 3. The number of amides is 1. The molecule has 0 fully saturated rings. The highest BCUT2D eigenvalue weighted by Crippen LogP contribution is 2.38. The lowest BCUT2D eigenvalue weighted by atomic mass is 10.2. The number of nitrogens with one attached hydrogen (secondary N) is 1. The molecule has 1 heterocycles. The van der Waals surface area contributed by atoms with Gasteiger partial charge in [0.2, 0.25) is 0 Å². The Morgan fingerprint density at radius 1 is 1.33 bits per heavy atom. The number of aliphatic carboxylic acids is 1. The molecule has 0 atom stereocenters. The molecule has 1 aromatic heterocycles. The second-order valence-corrected chi connectivity index (χ2v) is 5.99. The van der Waals surface area contributed by atoms with E-state index in [1.165, 1.54) is 0 Å². The molecule has 0 aliphatic rings. The van der Waals surface area contributed by atoms with Crippen LogP contribution in [0.4, 0.5) is 23.1 Å². The molecule has 0 aliphatic heterocycles. The molecule has 0 saturated heterocycles. The maximum absolute atomic E-state index is 12.8. The quantitative estimate of drug-likeness (QED) is 0.891. The summed E-state index contributed by atoms with van der Waals surface area (Å²) in [5, 5.41) is 10.3. The first-order valence-electron chi connectivity index (χ1n) is 5.67. The zero-order valence-corrected chi connectivity index (χ0v) is 12.2. The van der Waals surface area contributed by atoms with Gasteiger partial charge < -0.3 is 9.84 Å². The minimum absolute atomic E-state index is 0.151. The Balaban J connectivity index is 2.97. The minimum atomic E-state index is -4.74. The number of hydrogen-bond acceptors (Lipinski definition) is 5. The van der Waals surface area contributed by atoms with Crippen LogP contribution in [0.2, 0.25) is 0 Å². The van der Waals surface area contributed by atoms with Crippen LogP contribution in [0.15, 0.2) is 0 Å². The number of anilines is 1. The molecule has 1 amide bonds. The predicted octanol–water partition coefficient (Wildman–Crippen LogP) is 3.14. The van der Waals surface area contributed by atoms with Gasteiger partial charge in [-0.05, 0) is 20.8 Å². The van der Waals surface area contributed by atoms with Crippen LogP contribution < -0.4 is 5.32 Å².